The minimum absolute atomic E-state index is 0.0692. The molecule has 1 aliphatic heterocycles. The molecule has 24 heavy (non-hydrogen) atoms. The Bertz CT molecular complexity index is 680. The monoisotopic (exact) mass is 329 g/mol. The molecule has 1 aromatic carbocycles. The van der Waals surface area contributed by atoms with Gasteiger partial charge in [-0.2, -0.15) is 0 Å². The third-order valence-corrected chi connectivity index (χ3v) is 4.29. The van der Waals surface area contributed by atoms with Crippen LogP contribution in [-0.4, -0.2) is 37.1 Å². The number of methoxy groups -OCH3 is 1. The lowest BCUT2D eigenvalue weighted by Crippen LogP contribution is -2.42. The molecule has 5 nitrogen and oxygen atoms in total. The van der Waals surface area contributed by atoms with Crippen molar-refractivity contribution in [3.05, 3.63) is 53.5 Å². The van der Waals surface area contributed by atoms with Gasteiger partial charge in [0.25, 0.3) is 5.91 Å². The van der Waals surface area contributed by atoms with E-state index in [0.29, 0.717) is 24.7 Å². The molecule has 0 N–H and O–H groups in total. The van der Waals surface area contributed by atoms with Gasteiger partial charge >= 0.3 is 0 Å². The summed E-state index contributed by atoms with van der Waals surface area (Å²) in [7, 11) is 1.69. The summed E-state index contributed by atoms with van der Waals surface area (Å²) in [5.74, 6) is 1.76. The Morgan fingerprint density at radius 2 is 2.12 bits per heavy atom. The Balaban J connectivity index is 1.66. The molecule has 1 unspecified atom stereocenters. The van der Waals surface area contributed by atoms with Crippen LogP contribution in [-0.2, 0) is 11.3 Å². The smallest absolute Gasteiger partial charge is 0.289 e. The first-order chi connectivity index (χ1) is 11.7. The molecule has 3 rings (SSSR count). The van der Waals surface area contributed by atoms with Crippen molar-refractivity contribution in [2.75, 3.05) is 20.2 Å². The highest BCUT2D eigenvalue weighted by atomic mass is 16.5. The van der Waals surface area contributed by atoms with E-state index in [2.05, 4.69) is 0 Å². The summed E-state index contributed by atoms with van der Waals surface area (Å²) in [6.45, 7) is 3.55. The predicted molar refractivity (Wildman–Crippen MR) is 90.2 cm³/mol. The predicted octanol–water partition coefficient (Wildman–Crippen LogP) is 3.42. The molecule has 1 aliphatic rings. The molecule has 1 aromatic heterocycles. The normalized spacial score (nSPS) is 17.8. The van der Waals surface area contributed by atoms with E-state index in [4.69, 9.17) is 13.9 Å². The van der Waals surface area contributed by atoms with Crippen LogP contribution in [0.3, 0.4) is 0 Å². The number of carbonyl (C=O) groups excluding carboxylic acids is 1. The number of para-hydroxylation sites is 1. The fourth-order valence-electron chi connectivity index (χ4n) is 2.96. The van der Waals surface area contributed by atoms with E-state index in [-0.39, 0.29) is 12.0 Å². The summed E-state index contributed by atoms with van der Waals surface area (Å²) in [6.07, 6.45) is 2.06. The number of likely N-dealkylation sites (tertiary alicyclic amines) is 1. The summed E-state index contributed by atoms with van der Waals surface area (Å²) >= 11 is 0. The van der Waals surface area contributed by atoms with Gasteiger partial charge in [0.2, 0.25) is 0 Å². The van der Waals surface area contributed by atoms with Crippen LogP contribution in [0.15, 0.2) is 40.8 Å². The van der Waals surface area contributed by atoms with E-state index in [1.165, 1.54) is 0 Å². The lowest BCUT2D eigenvalue weighted by Gasteiger charge is -2.31. The molecule has 2 heterocycles. The summed E-state index contributed by atoms with van der Waals surface area (Å²) in [6, 6.07) is 11.4. The lowest BCUT2D eigenvalue weighted by atomic mass is 10.1. The number of piperidine rings is 1. The highest BCUT2D eigenvalue weighted by Crippen LogP contribution is 2.21. The van der Waals surface area contributed by atoms with E-state index >= 15 is 0 Å². The largest absolute Gasteiger partial charge is 0.486 e. The molecular weight excluding hydrogens is 306 g/mol. The maximum atomic E-state index is 12.7. The van der Waals surface area contributed by atoms with Crippen LogP contribution in [0, 0.1) is 6.92 Å². The highest BCUT2D eigenvalue weighted by molar-refractivity contribution is 5.93. The molecule has 0 aliphatic carbocycles. The number of rotatable bonds is 5. The van der Waals surface area contributed by atoms with E-state index in [1.54, 1.807) is 7.11 Å². The van der Waals surface area contributed by atoms with Gasteiger partial charge in [0.15, 0.2) is 5.76 Å². The van der Waals surface area contributed by atoms with Gasteiger partial charge in [-0.05, 0) is 38.0 Å². The average molecular weight is 329 g/mol. The molecule has 0 spiro atoms. The Hall–Kier alpha value is -2.27. The van der Waals surface area contributed by atoms with Crippen LogP contribution in [0.5, 0.6) is 5.75 Å². The molecule has 0 bridgehead atoms. The van der Waals surface area contributed by atoms with E-state index < -0.39 is 0 Å². The molecule has 0 saturated carbocycles. The number of carbonyl (C=O) groups is 1. The quantitative estimate of drug-likeness (QED) is 0.843. The third kappa shape index (κ3) is 3.79. The number of ether oxygens (including phenoxy) is 2. The van der Waals surface area contributed by atoms with E-state index in [0.717, 1.165) is 30.7 Å². The average Bonchev–Trinajstić information content (AvgIpc) is 3.01. The summed E-state index contributed by atoms with van der Waals surface area (Å²) in [4.78, 5) is 14.5. The number of furan rings is 1. The number of nitrogens with zero attached hydrogens (tertiary/aromatic N) is 1. The fraction of sp³-hybridized carbons (Fsp3) is 0.421. The zero-order chi connectivity index (χ0) is 16.9. The molecule has 1 saturated heterocycles. The lowest BCUT2D eigenvalue weighted by molar-refractivity contribution is 0.0250. The number of amides is 1. The maximum absolute atomic E-state index is 12.7. The molecule has 0 radical (unpaired) electrons. The zero-order valence-corrected chi connectivity index (χ0v) is 14.2. The van der Waals surface area contributed by atoms with Gasteiger partial charge in [-0.1, -0.05) is 18.2 Å². The Kier molecular flexibility index (Phi) is 5.20. The number of hydrogen-bond acceptors (Lipinski definition) is 4. The summed E-state index contributed by atoms with van der Waals surface area (Å²) in [5, 5.41) is 0. The second-order valence-corrected chi connectivity index (χ2v) is 6.08. The maximum Gasteiger partial charge on any atom is 0.289 e. The number of benzene rings is 1. The van der Waals surface area contributed by atoms with Gasteiger partial charge in [0.1, 0.15) is 18.1 Å². The van der Waals surface area contributed by atoms with Gasteiger partial charge in [-0.15, -0.1) is 0 Å². The first-order valence-corrected chi connectivity index (χ1v) is 8.26. The van der Waals surface area contributed by atoms with Gasteiger partial charge in [0, 0.05) is 25.8 Å². The first-order valence-electron chi connectivity index (χ1n) is 8.26. The van der Waals surface area contributed by atoms with Crippen LogP contribution in [0.25, 0.3) is 0 Å². The zero-order valence-electron chi connectivity index (χ0n) is 14.2. The second kappa shape index (κ2) is 7.53. The van der Waals surface area contributed by atoms with Crippen molar-refractivity contribution in [1.29, 1.82) is 0 Å². The topological polar surface area (TPSA) is 51.9 Å². The van der Waals surface area contributed by atoms with E-state index in [1.807, 2.05) is 48.2 Å². The van der Waals surface area contributed by atoms with Crippen molar-refractivity contribution < 1.29 is 18.7 Å². The third-order valence-electron chi connectivity index (χ3n) is 4.29. The van der Waals surface area contributed by atoms with Crippen LogP contribution in [0.1, 0.15) is 34.7 Å². The van der Waals surface area contributed by atoms with Gasteiger partial charge in [-0.3, -0.25) is 4.79 Å². The highest BCUT2D eigenvalue weighted by Gasteiger charge is 2.27. The van der Waals surface area contributed by atoms with Gasteiger partial charge in [-0.25, -0.2) is 0 Å². The molecule has 5 heteroatoms. The summed E-state index contributed by atoms with van der Waals surface area (Å²) < 4.78 is 16.8. The number of aryl methyl sites for hydroxylation is 1. The van der Waals surface area contributed by atoms with Crippen LogP contribution >= 0.6 is 0 Å². The van der Waals surface area contributed by atoms with Crippen LogP contribution in [0.4, 0.5) is 0 Å². The van der Waals surface area contributed by atoms with Crippen molar-refractivity contribution in [3.8, 4) is 5.75 Å². The SMILES string of the molecule is COC1CCCN(C(=O)c2oc(COc3ccccc3)cc2C)C1. The van der Waals surface area contributed by atoms with Crippen molar-refractivity contribution >= 4 is 5.91 Å². The molecule has 1 amide bonds. The van der Waals surface area contributed by atoms with Gasteiger partial charge < -0.3 is 18.8 Å². The fourth-order valence-corrected chi connectivity index (χ4v) is 2.96. The second-order valence-electron chi connectivity index (χ2n) is 6.08. The van der Waals surface area contributed by atoms with Crippen molar-refractivity contribution in [1.82, 2.24) is 4.90 Å². The van der Waals surface area contributed by atoms with Crippen LogP contribution < -0.4 is 4.74 Å². The number of hydrogen-bond donors (Lipinski definition) is 0. The van der Waals surface area contributed by atoms with E-state index in [9.17, 15) is 4.79 Å². The minimum atomic E-state index is -0.0692. The molecule has 2 aromatic rings. The Labute approximate surface area is 142 Å². The minimum Gasteiger partial charge on any atom is -0.486 e. The molecule has 128 valence electrons. The molecular formula is C19H23NO4. The summed E-state index contributed by atoms with van der Waals surface area (Å²) in [5.41, 5.74) is 0.839. The van der Waals surface area contributed by atoms with Gasteiger partial charge in [0.05, 0.1) is 6.10 Å². The van der Waals surface area contributed by atoms with Crippen molar-refractivity contribution in [3.63, 3.8) is 0 Å². The molecule has 1 atom stereocenters. The molecule has 1 fully saturated rings. The Morgan fingerprint density at radius 1 is 1.33 bits per heavy atom. The standard InChI is InChI=1S/C19H23NO4/c1-14-11-17(13-23-15-7-4-3-5-8-15)24-18(14)19(21)20-10-6-9-16(12-20)22-2/h3-5,7-8,11,16H,6,9-10,12-13H2,1-2H3. The Morgan fingerprint density at radius 3 is 2.88 bits per heavy atom. The van der Waals surface area contributed by atoms with Crippen molar-refractivity contribution in [2.24, 2.45) is 0 Å². The first kappa shape index (κ1) is 16.6. The van der Waals surface area contributed by atoms with Crippen molar-refractivity contribution in [2.45, 2.75) is 32.5 Å². The van der Waals surface area contributed by atoms with Crippen LogP contribution in [0.2, 0.25) is 0 Å².